The number of carboxylic acid groups (broad SMARTS) is 1. The number of ether oxygens (including phenoxy) is 2. The molecule has 7 nitrogen and oxygen atoms in total. The highest BCUT2D eigenvalue weighted by Gasteiger charge is 2.89. The van der Waals surface area contributed by atoms with Gasteiger partial charge in [0.25, 0.3) is 0 Å². The maximum absolute atomic E-state index is 13.5. The van der Waals surface area contributed by atoms with Gasteiger partial charge in [-0.2, -0.15) is 0 Å². The van der Waals surface area contributed by atoms with E-state index in [1.165, 1.54) is 5.56 Å². The van der Waals surface area contributed by atoms with E-state index >= 15 is 0 Å². The molecule has 332 valence electrons. The number of rotatable bonds is 11. The number of aliphatic hydroxyl groups excluding tert-OH is 2. The molecule has 7 fully saturated rings. The first kappa shape index (κ1) is 43.3. The van der Waals surface area contributed by atoms with Gasteiger partial charge in [0.15, 0.2) is 5.79 Å². The fourth-order valence-electron chi connectivity index (χ4n) is 19.2. The van der Waals surface area contributed by atoms with Crippen molar-refractivity contribution in [2.24, 2.45) is 72.9 Å². The number of carbonyl (C=O) groups is 1. The number of fused-ring (bicyclic) bond motifs is 2. The summed E-state index contributed by atoms with van der Waals surface area (Å²) in [6.45, 7) is 14.7. The van der Waals surface area contributed by atoms with Gasteiger partial charge in [0, 0.05) is 42.1 Å². The van der Waals surface area contributed by atoms with Crippen molar-refractivity contribution < 1.29 is 34.7 Å². The number of aliphatic hydroxyl groups is 3. The molecule has 16 atom stereocenters. The highest BCUT2D eigenvalue weighted by molar-refractivity contribution is 5.75. The third kappa shape index (κ3) is 5.13. The summed E-state index contributed by atoms with van der Waals surface area (Å²) >= 11 is 0. The van der Waals surface area contributed by atoms with Crippen molar-refractivity contribution in [1.82, 2.24) is 0 Å². The minimum Gasteiger partial charge on any atom is -0.481 e. The molecule has 4 N–H and O–H groups in total. The van der Waals surface area contributed by atoms with Crippen LogP contribution < -0.4 is 0 Å². The molecule has 3 spiro atoms. The van der Waals surface area contributed by atoms with E-state index in [9.17, 15) is 25.2 Å². The SMILES string of the molecule is CCC[C@@H]1CC#C[C@@]23CC[C@@]45[C@H](Cc6ccc(CCOC)cc6)O[C@@](O)(C[C@H](O)[C@@]4(CO)[C@]2(C)C[C@H]2CC[C@H]4[C@@H]6[C@@](C)(CC[C@@]3(C)[C@@]26CC1)CC[C@@]4(C)C(=O)O)[C@@H]5CCC. The second-order valence-electron chi connectivity index (χ2n) is 23.2. The van der Waals surface area contributed by atoms with Crippen molar-refractivity contribution in [3.05, 3.63) is 35.4 Å². The Morgan fingerprint density at radius 3 is 2.27 bits per heavy atom. The number of carboxylic acids is 1. The zero-order valence-corrected chi connectivity index (χ0v) is 38.2. The fraction of sp³-hybridized carbons (Fsp3) is 0.830. The van der Waals surface area contributed by atoms with Gasteiger partial charge in [0.2, 0.25) is 0 Å². The lowest BCUT2D eigenvalue weighted by atomic mass is 9.19. The van der Waals surface area contributed by atoms with Crippen LogP contribution in [-0.4, -0.2) is 64.7 Å². The molecule has 1 aromatic rings. The van der Waals surface area contributed by atoms with Crippen molar-refractivity contribution in [3.63, 3.8) is 0 Å². The first-order valence-electron chi connectivity index (χ1n) is 24.5. The third-order valence-corrected chi connectivity index (χ3v) is 21.6. The summed E-state index contributed by atoms with van der Waals surface area (Å²) in [4.78, 5) is 13.5. The normalized spacial score (nSPS) is 51.1. The van der Waals surface area contributed by atoms with E-state index < -0.39 is 44.9 Å². The van der Waals surface area contributed by atoms with Gasteiger partial charge in [0.1, 0.15) is 0 Å². The van der Waals surface area contributed by atoms with Crippen LogP contribution >= 0.6 is 0 Å². The van der Waals surface area contributed by atoms with Crippen LogP contribution in [0.2, 0.25) is 0 Å². The molecule has 1 aromatic carbocycles. The summed E-state index contributed by atoms with van der Waals surface area (Å²) in [5.41, 5.74) is -1.50. The lowest BCUT2D eigenvalue weighted by Gasteiger charge is -2.84. The maximum atomic E-state index is 13.5. The van der Waals surface area contributed by atoms with Crippen LogP contribution in [0.3, 0.4) is 0 Å². The summed E-state index contributed by atoms with van der Waals surface area (Å²) in [5.74, 6) is 7.14. The molecule has 1 heterocycles. The summed E-state index contributed by atoms with van der Waals surface area (Å²) in [6.07, 6.45) is 15.4. The Morgan fingerprint density at radius 2 is 1.58 bits per heavy atom. The Bertz CT molecular complexity index is 1890. The first-order chi connectivity index (χ1) is 28.5. The quantitative estimate of drug-likeness (QED) is 0.164. The predicted octanol–water partition coefficient (Wildman–Crippen LogP) is 9.77. The number of aliphatic carboxylic acids is 1. The van der Waals surface area contributed by atoms with Crippen LogP contribution in [0.4, 0.5) is 0 Å². The summed E-state index contributed by atoms with van der Waals surface area (Å²) < 4.78 is 12.5. The van der Waals surface area contributed by atoms with Crippen LogP contribution in [0.1, 0.15) is 162 Å². The minimum absolute atomic E-state index is 0.0651. The van der Waals surface area contributed by atoms with E-state index in [4.69, 9.17) is 9.47 Å². The summed E-state index contributed by atoms with van der Waals surface area (Å²) in [5, 5.41) is 49.9. The first-order valence-corrected chi connectivity index (χ1v) is 24.5. The molecule has 0 unspecified atom stereocenters. The minimum atomic E-state index is -1.48. The standard InChI is InChI=1S/C53H78O7/c1-8-11-35-13-10-22-49-28-29-51-40(12-9-2)53(58,60-42(51)31-37-16-14-36(15-17-37)21-30-59-7)33-41(55)52(51,34-54)48(49,6)32-38-18-19-39-43-45(3,24-26-46(39,4)44(56)57)25-27-47(49,5)50(38,43)23-20-35/h14-17,35,38-43,54-55,58H,8-9,11-13,18-21,23-34H2,1-7H3,(H,56,57)/t35-,38-,39+,40-,41+,42+,43-,45-,46-,47-,48-,49+,50+,51-,52+,53+/m1/s1. The molecule has 4 bridgehead atoms. The van der Waals surface area contributed by atoms with E-state index in [0.717, 1.165) is 115 Å². The average molecular weight is 827 g/mol. The maximum Gasteiger partial charge on any atom is 0.309 e. The molecule has 60 heavy (non-hydrogen) atoms. The van der Waals surface area contributed by atoms with Crippen LogP contribution in [0.15, 0.2) is 24.3 Å². The van der Waals surface area contributed by atoms with Crippen LogP contribution in [-0.2, 0) is 27.1 Å². The average Bonchev–Trinajstić information content (AvgIpc) is 3.40. The molecule has 1 aliphatic heterocycles. The number of hydrogen-bond donors (Lipinski definition) is 4. The fourth-order valence-corrected chi connectivity index (χ4v) is 19.2. The molecular formula is C53H78O7. The molecule has 0 aromatic heterocycles. The highest BCUT2D eigenvalue weighted by Crippen LogP contribution is 2.90. The largest absolute Gasteiger partial charge is 0.481 e. The van der Waals surface area contributed by atoms with Crippen molar-refractivity contribution in [3.8, 4) is 11.8 Å². The van der Waals surface area contributed by atoms with E-state index in [2.05, 4.69) is 77.6 Å². The van der Waals surface area contributed by atoms with Gasteiger partial charge in [-0.3, -0.25) is 4.79 Å². The summed E-state index contributed by atoms with van der Waals surface area (Å²) in [6, 6.07) is 8.78. The Balaban J connectivity index is 1.27. The molecule has 1 saturated heterocycles. The molecular weight excluding hydrogens is 749 g/mol. The van der Waals surface area contributed by atoms with Crippen molar-refractivity contribution >= 4 is 5.97 Å². The second kappa shape index (κ2) is 14.5. The van der Waals surface area contributed by atoms with E-state index in [1.807, 2.05) is 0 Å². The summed E-state index contributed by atoms with van der Waals surface area (Å²) in [7, 11) is 1.73. The lowest BCUT2D eigenvalue weighted by Crippen LogP contribution is -2.82. The lowest BCUT2D eigenvalue weighted by molar-refractivity contribution is -0.380. The van der Waals surface area contributed by atoms with Gasteiger partial charge in [0.05, 0.1) is 30.8 Å². The van der Waals surface area contributed by atoms with Crippen molar-refractivity contribution in [2.75, 3.05) is 20.3 Å². The van der Waals surface area contributed by atoms with Crippen LogP contribution in [0.5, 0.6) is 0 Å². The Morgan fingerprint density at radius 1 is 0.867 bits per heavy atom. The topological polar surface area (TPSA) is 116 Å². The van der Waals surface area contributed by atoms with Crippen LogP contribution in [0, 0.1) is 84.8 Å². The molecule has 9 rings (SSSR count). The molecule has 7 aliphatic carbocycles. The zero-order chi connectivity index (χ0) is 42.8. The Kier molecular flexibility index (Phi) is 10.5. The number of methoxy groups -OCH3 is 1. The van der Waals surface area contributed by atoms with Gasteiger partial charge in [-0.1, -0.05) is 77.6 Å². The van der Waals surface area contributed by atoms with Crippen LogP contribution in [0.25, 0.3) is 0 Å². The third-order valence-electron chi connectivity index (χ3n) is 21.6. The molecule has 0 radical (unpaired) electrons. The van der Waals surface area contributed by atoms with Gasteiger partial charge < -0.3 is 29.9 Å². The van der Waals surface area contributed by atoms with E-state index in [0.29, 0.717) is 24.9 Å². The van der Waals surface area contributed by atoms with E-state index in [1.54, 1.807) is 7.11 Å². The molecule has 0 amide bonds. The van der Waals surface area contributed by atoms with Gasteiger partial charge in [-0.25, -0.2) is 0 Å². The molecule has 8 aliphatic rings. The predicted molar refractivity (Wildman–Crippen MR) is 234 cm³/mol. The molecule has 7 heteroatoms. The number of hydrogen-bond acceptors (Lipinski definition) is 6. The van der Waals surface area contributed by atoms with Crippen molar-refractivity contribution in [2.45, 2.75) is 182 Å². The van der Waals surface area contributed by atoms with Gasteiger partial charge in [-0.05, 0) is 160 Å². The monoisotopic (exact) mass is 827 g/mol. The molecule has 6 saturated carbocycles. The second-order valence-corrected chi connectivity index (χ2v) is 23.2. The van der Waals surface area contributed by atoms with Crippen molar-refractivity contribution in [1.29, 1.82) is 0 Å². The Labute approximate surface area is 361 Å². The Hall–Kier alpha value is -1.95. The zero-order valence-electron chi connectivity index (χ0n) is 38.2. The number of benzene rings is 1. The highest BCUT2D eigenvalue weighted by atomic mass is 16.6. The van der Waals surface area contributed by atoms with Gasteiger partial charge in [-0.15, -0.1) is 5.92 Å². The smallest absolute Gasteiger partial charge is 0.309 e. The van der Waals surface area contributed by atoms with Gasteiger partial charge >= 0.3 is 5.97 Å². The van der Waals surface area contributed by atoms with E-state index in [-0.39, 0.29) is 53.1 Å².